The van der Waals surface area contributed by atoms with E-state index >= 15 is 0 Å². The third-order valence-electron chi connectivity index (χ3n) is 27.9. The van der Waals surface area contributed by atoms with E-state index in [-0.39, 0.29) is 62.8 Å². The number of carbonyl (C=O) groups excluding carboxylic acids is 1. The molecule has 0 bridgehead atoms. The average molecular weight is 2000 g/mol. The number of hydrogen-bond acceptors (Lipinski definition) is 16. The Kier molecular flexibility index (Phi) is 62.6. The van der Waals surface area contributed by atoms with Crippen LogP contribution in [0.2, 0.25) is 0 Å². The fraction of sp³-hybridized carbons (Fsp3) is 0.485. The van der Waals surface area contributed by atoms with Crippen molar-refractivity contribution in [3.8, 4) is 46.0 Å². The molecule has 0 heterocycles. The molecular formula is C130H186O16. The van der Waals surface area contributed by atoms with Gasteiger partial charge in [-0.15, -0.1) is 0 Å². The predicted molar refractivity (Wildman–Crippen MR) is 607 cm³/mol. The Balaban J connectivity index is 0.000000349. The van der Waals surface area contributed by atoms with Crippen LogP contribution in [0.5, 0.6) is 46.0 Å². The molecule has 1 saturated carbocycles. The zero-order valence-corrected chi connectivity index (χ0v) is 93.8. The Morgan fingerprint density at radius 2 is 0.589 bits per heavy atom. The number of aliphatic hydroxyl groups excluding tert-OH is 4. The molecule has 0 amide bonds. The van der Waals surface area contributed by atoms with Gasteiger partial charge in [0.05, 0.1) is 46.2 Å². The maximum absolute atomic E-state index is 10.7. The van der Waals surface area contributed by atoms with E-state index in [2.05, 4.69) is 255 Å². The van der Waals surface area contributed by atoms with Gasteiger partial charge < -0.3 is 74.0 Å². The minimum absolute atomic E-state index is 0.0321. The van der Waals surface area contributed by atoms with Crippen molar-refractivity contribution in [2.24, 2.45) is 5.92 Å². The van der Waals surface area contributed by atoms with Crippen LogP contribution in [0.4, 0.5) is 0 Å². The highest BCUT2D eigenvalue weighted by Crippen LogP contribution is 2.35. The van der Waals surface area contributed by atoms with Gasteiger partial charge in [0.1, 0.15) is 46.0 Å². The summed E-state index contributed by atoms with van der Waals surface area (Å²) in [5, 5.41) is 73.9. The number of aliphatic hydroxyl groups is 4. The fourth-order valence-electron chi connectivity index (χ4n) is 16.2. The first-order valence-electron chi connectivity index (χ1n) is 54.2. The lowest BCUT2D eigenvalue weighted by Gasteiger charge is -2.22. The molecule has 146 heavy (non-hydrogen) atoms. The van der Waals surface area contributed by atoms with Crippen molar-refractivity contribution < 1.29 is 78.8 Å². The molecular weight excluding hydrogens is 1820 g/mol. The normalized spacial score (nSPS) is 13.9. The molecule has 1 aliphatic carbocycles. The van der Waals surface area contributed by atoms with Gasteiger partial charge in [0.25, 0.3) is 0 Å². The molecule has 0 saturated heterocycles. The highest BCUT2D eigenvalue weighted by molar-refractivity contribution is 5.69. The van der Waals surface area contributed by atoms with Crippen molar-refractivity contribution in [1.82, 2.24) is 0 Å². The van der Waals surface area contributed by atoms with Gasteiger partial charge in [0.2, 0.25) is 0 Å². The van der Waals surface area contributed by atoms with Gasteiger partial charge in [-0.05, 0) is 343 Å². The van der Waals surface area contributed by atoms with Crippen LogP contribution in [-0.2, 0) is 58.3 Å². The first-order chi connectivity index (χ1) is 69.8. The largest absolute Gasteiger partial charge is 0.508 e. The summed E-state index contributed by atoms with van der Waals surface area (Å²) in [6, 6.07) is 77.7. The molecule has 12 rings (SSSR count). The second-order valence-corrected chi connectivity index (χ2v) is 39.7. The Morgan fingerprint density at radius 3 is 0.932 bits per heavy atom. The van der Waals surface area contributed by atoms with Gasteiger partial charge in [-0.2, -0.15) is 0 Å². The second-order valence-electron chi connectivity index (χ2n) is 39.7. The summed E-state index contributed by atoms with van der Waals surface area (Å²) < 4.78 is 40.0. The molecule has 0 spiro atoms. The molecule has 16 heteroatoms. The van der Waals surface area contributed by atoms with E-state index < -0.39 is 0 Å². The van der Waals surface area contributed by atoms with Crippen LogP contribution in [0.1, 0.15) is 408 Å². The number of rotatable bonds is 41. The molecule has 802 valence electrons. The third kappa shape index (κ3) is 49.4. The molecule has 8 N–H and O–H groups in total. The minimum atomic E-state index is -0.361. The molecule has 0 aliphatic heterocycles. The zero-order chi connectivity index (χ0) is 108. The molecule has 12 unspecified atom stereocenters. The number of benzene rings is 11. The van der Waals surface area contributed by atoms with Crippen LogP contribution in [0.15, 0.2) is 237 Å². The van der Waals surface area contributed by atoms with Crippen molar-refractivity contribution in [3.63, 3.8) is 0 Å². The van der Waals surface area contributed by atoms with Gasteiger partial charge in [0, 0.05) is 29.2 Å². The Hall–Kier alpha value is -10.8. The lowest BCUT2D eigenvalue weighted by atomic mass is 9.87. The number of aromatic hydroxyl groups is 4. The monoisotopic (exact) mass is 2000 g/mol. The smallest absolute Gasteiger partial charge is 0.308 e. The Bertz CT molecular complexity index is 5110. The molecule has 11 aromatic rings. The van der Waals surface area contributed by atoms with Crippen molar-refractivity contribution in [3.05, 3.63) is 342 Å². The van der Waals surface area contributed by atoms with Gasteiger partial charge in [-0.25, -0.2) is 0 Å². The molecule has 1 aliphatic rings. The van der Waals surface area contributed by atoms with E-state index in [4.69, 9.17) is 53.6 Å². The highest BCUT2D eigenvalue weighted by Gasteiger charge is 2.19. The van der Waals surface area contributed by atoms with Crippen molar-refractivity contribution in [2.45, 2.75) is 388 Å². The van der Waals surface area contributed by atoms with Gasteiger partial charge in [0.15, 0.2) is 18.9 Å². The molecule has 0 radical (unpaired) electrons. The van der Waals surface area contributed by atoms with Gasteiger partial charge in [-0.3, -0.25) is 4.79 Å². The summed E-state index contributed by atoms with van der Waals surface area (Å²) in [5.74, 6) is 9.49. The number of phenolic OH excluding ortho intramolecular Hbond substituents is 2. The number of carbonyl (C=O) groups is 1. The predicted octanol–water partition coefficient (Wildman–Crippen LogP) is 33.4. The van der Waals surface area contributed by atoms with Crippen molar-refractivity contribution in [1.29, 1.82) is 0 Å². The fourth-order valence-corrected chi connectivity index (χ4v) is 16.2. The van der Waals surface area contributed by atoms with Crippen LogP contribution in [0.25, 0.3) is 0 Å². The van der Waals surface area contributed by atoms with Gasteiger partial charge in [-0.1, -0.05) is 319 Å². The SMILES string of the molecule is CCC(C)c1ccc(C)cc1.CCC(C)c1ccc(O)c(CO)c1.CCC(C)c1ccc(O)c(CO)c1.CCC(C)c1ccc(O)cc1.CCC(C)c1ccc(O)cc1.CCC(C)c1ccc(OC(C)=O)cc1.CCC(C)c1ccc(OC(C)OCCC2CCCCC2)cc1.CCC(C)c1ccc(OC(C)OCCc2cc(C)cc(C)c2)c(CO)c1.CCC(C)c1ccc(OC(C)OCCc2cccc(C)c2)c(CO)c1. The maximum Gasteiger partial charge on any atom is 0.308 e. The van der Waals surface area contributed by atoms with E-state index in [1.165, 1.54) is 142 Å². The summed E-state index contributed by atoms with van der Waals surface area (Å²) in [5.41, 5.74) is 22.1. The molecule has 0 aromatic heterocycles. The van der Waals surface area contributed by atoms with Crippen molar-refractivity contribution >= 4 is 5.97 Å². The van der Waals surface area contributed by atoms with Gasteiger partial charge >= 0.3 is 5.97 Å². The van der Waals surface area contributed by atoms with Crippen LogP contribution < -0.4 is 18.9 Å². The third-order valence-corrected chi connectivity index (χ3v) is 27.9. The quantitative estimate of drug-likeness (QED) is 0.0101. The lowest BCUT2D eigenvalue weighted by molar-refractivity contribution is -0.131. The summed E-state index contributed by atoms with van der Waals surface area (Å²) in [4.78, 5) is 10.7. The molecule has 1 fully saturated rings. The molecule has 11 aromatic carbocycles. The summed E-state index contributed by atoms with van der Waals surface area (Å²) in [6.07, 6.45) is 19.1. The van der Waals surface area contributed by atoms with E-state index in [0.29, 0.717) is 106 Å². The van der Waals surface area contributed by atoms with Crippen LogP contribution in [0, 0.1) is 33.6 Å². The number of ether oxygens (including phenoxy) is 7. The van der Waals surface area contributed by atoms with Crippen LogP contribution >= 0.6 is 0 Å². The number of aryl methyl sites for hydroxylation is 4. The number of hydrogen-bond donors (Lipinski definition) is 8. The summed E-state index contributed by atoms with van der Waals surface area (Å²) in [6.45, 7) is 56.6. The Labute approximate surface area is 881 Å². The number of phenols is 4. The standard InChI is InChI=1S/C23H32O3.C22H30O3.C20H32O2.C12H16O2.2C11H16O2.C11H16.2C10H14O/c1-6-18(4)21-7-8-23(22(14-21)15-24)26-19(5)25-10-9-20-12-16(2)11-17(3)13-20;1-5-17(3)20-9-10-22(21(14-20)15-23)25-18(4)24-12-11-19-8-6-7-16(2)13-19;1-4-16(2)19-10-12-20(13-11-19)22-17(3)21-15-14-18-8-6-5-7-9-18;1-4-9(2)11-5-7-12(8-6-11)14-10(3)13;2*1-3-8(2)9-4-5-11(13)10(6-9)7-12;1-4-10(3)11-7-5-9(2)6-8-11;2*1-3-8(2)9-4-6-10(11)7-5-9/h7-8,11-14,18-19,24H,6,9-10,15H2,1-5H3;6-10,13-14,17-18,23H,5,11-12,15H2,1-4H3;10-13,16-18H,4-9,14-15H2,1-3H3;5-9H,4H2,1-3H3;2*4-6,8,12-13H,3,7H2,1-2H3;5-8,10H,4H2,1-3H3;2*4-8,11H,3H2,1-2H3. The van der Waals surface area contributed by atoms with Crippen LogP contribution in [0.3, 0.4) is 0 Å². The van der Waals surface area contributed by atoms with Crippen molar-refractivity contribution in [2.75, 3.05) is 19.8 Å². The highest BCUT2D eigenvalue weighted by atomic mass is 16.7. The first-order valence-corrected chi connectivity index (χ1v) is 54.2. The molecule has 16 nitrogen and oxygen atoms in total. The van der Waals surface area contributed by atoms with E-state index in [0.717, 1.165) is 87.2 Å². The first kappa shape index (κ1) is 127. The second kappa shape index (κ2) is 71.7. The topological polar surface area (TPSA) is 244 Å². The minimum Gasteiger partial charge on any atom is -0.508 e. The van der Waals surface area contributed by atoms with E-state index in [1.54, 1.807) is 36.4 Å². The summed E-state index contributed by atoms with van der Waals surface area (Å²) in [7, 11) is 0. The average Bonchev–Trinajstić information content (AvgIpc) is 0.849. The maximum atomic E-state index is 10.7. The molecule has 12 atom stereocenters. The Morgan fingerprint density at radius 1 is 0.295 bits per heavy atom. The zero-order valence-electron chi connectivity index (χ0n) is 93.8. The van der Waals surface area contributed by atoms with Crippen LogP contribution in [-0.4, -0.2) is 85.5 Å². The summed E-state index contributed by atoms with van der Waals surface area (Å²) >= 11 is 0. The van der Waals surface area contributed by atoms with E-state index in [9.17, 15) is 25.2 Å². The number of esters is 1. The lowest BCUT2D eigenvalue weighted by Crippen LogP contribution is -2.19. The van der Waals surface area contributed by atoms with E-state index in [1.807, 2.05) is 118 Å².